The number of rotatable bonds is 4. The Morgan fingerprint density at radius 1 is 1.12 bits per heavy atom. The van der Waals surface area contributed by atoms with Gasteiger partial charge in [-0.2, -0.15) is 0 Å². The topological polar surface area (TPSA) is 32.5 Å². The Balaban J connectivity index is 1.49. The first kappa shape index (κ1) is 11.7. The molecule has 0 unspecified atom stereocenters. The van der Waals surface area contributed by atoms with E-state index in [0.717, 1.165) is 12.6 Å². The van der Waals surface area contributed by atoms with Crippen LogP contribution in [0.2, 0.25) is 0 Å². The lowest BCUT2D eigenvalue weighted by atomic mass is 10.3. The van der Waals surface area contributed by atoms with Crippen molar-refractivity contribution < 1.29 is 0 Å². The van der Waals surface area contributed by atoms with E-state index in [1.165, 1.54) is 48.8 Å². The van der Waals surface area contributed by atoms with Gasteiger partial charge in [0.05, 0.1) is 0 Å². The second-order valence-electron chi connectivity index (χ2n) is 5.12. The lowest BCUT2D eigenvalue weighted by molar-refractivity contribution is 0.122. The van der Waals surface area contributed by atoms with Crippen LogP contribution in [0.5, 0.6) is 0 Å². The standard InChI is InChI=1S/C13H21N3S/c14-9-12-3-4-13(17-12)10-15-5-7-16(8-6-15)11-1-2-11/h3-4,11H,1-2,5-10,14H2. The molecule has 2 N–H and O–H groups in total. The second kappa shape index (κ2) is 5.06. The summed E-state index contributed by atoms with van der Waals surface area (Å²) in [6, 6.07) is 5.34. The summed E-state index contributed by atoms with van der Waals surface area (Å²) in [6.45, 7) is 6.78. The number of piperazine rings is 1. The molecule has 3 rings (SSSR count). The van der Waals surface area contributed by atoms with Gasteiger partial charge in [-0.25, -0.2) is 0 Å². The van der Waals surface area contributed by atoms with Crippen LogP contribution in [0.25, 0.3) is 0 Å². The lowest BCUT2D eigenvalue weighted by Gasteiger charge is -2.34. The van der Waals surface area contributed by atoms with Crippen LogP contribution >= 0.6 is 11.3 Å². The molecule has 17 heavy (non-hydrogen) atoms. The molecule has 0 radical (unpaired) electrons. The lowest BCUT2D eigenvalue weighted by Crippen LogP contribution is -2.46. The van der Waals surface area contributed by atoms with Crippen molar-refractivity contribution in [2.24, 2.45) is 5.73 Å². The summed E-state index contributed by atoms with van der Waals surface area (Å²) in [7, 11) is 0. The molecular formula is C13H21N3S. The third kappa shape index (κ3) is 2.88. The molecular weight excluding hydrogens is 230 g/mol. The molecule has 0 bridgehead atoms. The summed E-state index contributed by atoms with van der Waals surface area (Å²) in [5.41, 5.74) is 5.64. The summed E-state index contributed by atoms with van der Waals surface area (Å²) in [5.74, 6) is 0. The van der Waals surface area contributed by atoms with Crippen LogP contribution < -0.4 is 5.73 Å². The van der Waals surface area contributed by atoms with Gasteiger partial charge in [0, 0.05) is 55.1 Å². The molecule has 1 aromatic heterocycles. The van der Waals surface area contributed by atoms with E-state index in [4.69, 9.17) is 5.73 Å². The van der Waals surface area contributed by atoms with Crippen LogP contribution in [0, 0.1) is 0 Å². The van der Waals surface area contributed by atoms with Gasteiger partial charge in [-0.15, -0.1) is 11.3 Å². The summed E-state index contributed by atoms with van der Waals surface area (Å²) in [4.78, 5) is 8.00. The summed E-state index contributed by atoms with van der Waals surface area (Å²) >= 11 is 1.87. The maximum absolute atomic E-state index is 5.64. The minimum absolute atomic E-state index is 0.681. The first-order chi connectivity index (χ1) is 8.35. The zero-order valence-corrected chi connectivity index (χ0v) is 11.1. The number of thiophene rings is 1. The molecule has 1 saturated heterocycles. The number of hydrogen-bond donors (Lipinski definition) is 1. The van der Waals surface area contributed by atoms with Crippen LogP contribution in [-0.4, -0.2) is 42.0 Å². The maximum Gasteiger partial charge on any atom is 0.0329 e. The fourth-order valence-electron chi connectivity index (χ4n) is 2.56. The quantitative estimate of drug-likeness (QED) is 0.880. The second-order valence-corrected chi connectivity index (χ2v) is 6.37. The number of nitrogens with two attached hydrogens (primary N) is 1. The van der Waals surface area contributed by atoms with Gasteiger partial charge in [0.25, 0.3) is 0 Å². The van der Waals surface area contributed by atoms with Crippen LogP contribution in [0.15, 0.2) is 12.1 Å². The van der Waals surface area contributed by atoms with Crippen molar-refractivity contribution >= 4 is 11.3 Å². The van der Waals surface area contributed by atoms with Gasteiger partial charge in [-0.3, -0.25) is 9.80 Å². The van der Waals surface area contributed by atoms with Gasteiger partial charge < -0.3 is 5.73 Å². The predicted molar refractivity (Wildman–Crippen MR) is 72.1 cm³/mol. The van der Waals surface area contributed by atoms with Gasteiger partial charge in [0.15, 0.2) is 0 Å². The zero-order valence-electron chi connectivity index (χ0n) is 10.3. The van der Waals surface area contributed by atoms with E-state index in [1.807, 2.05) is 11.3 Å². The third-order valence-electron chi connectivity index (χ3n) is 3.77. The summed E-state index contributed by atoms with van der Waals surface area (Å²) in [6.07, 6.45) is 2.87. The highest BCUT2D eigenvalue weighted by Crippen LogP contribution is 2.28. The van der Waals surface area contributed by atoms with Crippen LogP contribution in [0.1, 0.15) is 22.6 Å². The normalized spacial score (nSPS) is 23.1. The van der Waals surface area contributed by atoms with E-state index >= 15 is 0 Å². The SMILES string of the molecule is NCc1ccc(CN2CCN(C3CC3)CC2)s1. The molecule has 2 heterocycles. The Kier molecular flexibility index (Phi) is 3.47. The summed E-state index contributed by atoms with van der Waals surface area (Å²) in [5, 5.41) is 0. The molecule has 2 aliphatic rings. The minimum atomic E-state index is 0.681. The molecule has 2 fully saturated rings. The molecule has 0 spiro atoms. The molecule has 0 amide bonds. The average Bonchev–Trinajstić information content (AvgIpc) is 3.11. The zero-order chi connectivity index (χ0) is 11.7. The van der Waals surface area contributed by atoms with Crippen molar-refractivity contribution in [1.82, 2.24) is 9.80 Å². The predicted octanol–water partition coefficient (Wildman–Crippen LogP) is 1.49. The molecule has 0 atom stereocenters. The van der Waals surface area contributed by atoms with Gasteiger partial charge in [0.1, 0.15) is 0 Å². The monoisotopic (exact) mass is 251 g/mol. The van der Waals surface area contributed by atoms with Crippen LogP contribution in [0.4, 0.5) is 0 Å². The molecule has 1 aromatic rings. The fourth-order valence-corrected chi connectivity index (χ4v) is 3.50. The van der Waals surface area contributed by atoms with Gasteiger partial charge in [-0.1, -0.05) is 0 Å². The van der Waals surface area contributed by atoms with Crippen LogP contribution in [-0.2, 0) is 13.1 Å². The molecule has 94 valence electrons. The van der Waals surface area contributed by atoms with Crippen molar-refractivity contribution in [3.05, 3.63) is 21.9 Å². The molecule has 3 nitrogen and oxygen atoms in total. The van der Waals surface area contributed by atoms with Crippen molar-refractivity contribution in [3.8, 4) is 0 Å². The third-order valence-corrected chi connectivity index (χ3v) is 4.86. The van der Waals surface area contributed by atoms with Crippen LogP contribution in [0.3, 0.4) is 0 Å². The van der Waals surface area contributed by atoms with Gasteiger partial charge in [0.2, 0.25) is 0 Å². The molecule has 1 saturated carbocycles. The Morgan fingerprint density at radius 3 is 2.41 bits per heavy atom. The van der Waals surface area contributed by atoms with Crippen molar-refractivity contribution in [3.63, 3.8) is 0 Å². The highest BCUT2D eigenvalue weighted by molar-refractivity contribution is 7.11. The Morgan fingerprint density at radius 2 is 1.82 bits per heavy atom. The average molecular weight is 251 g/mol. The Bertz CT molecular complexity index is 364. The fraction of sp³-hybridized carbons (Fsp3) is 0.692. The molecule has 4 heteroatoms. The Labute approximate surface area is 107 Å². The first-order valence-electron chi connectivity index (χ1n) is 6.59. The highest BCUT2D eigenvalue weighted by atomic mass is 32.1. The first-order valence-corrected chi connectivity index (χ1v) is 7.41. The number of nitrogens with zero attached hydrogens (tertiary/aromatic N) is 2. The number of hydrogen-bond acceptors (Lipinski definition) is 4. The van der Waals surface area contributed by atoms with E-state index in [2.05, 4.69) is 21.9 Å². The summed E-state index contributed by atoms with van der Waals surface area (Å²) < 4.78 is 0. The minimum Gasteiger partial charge on any atom is -0.326 e. The van der Waals surface area contributed by atoms with E-state index in [9.17, 15) is 0 Å². The van der Waals surface area contributed by atoms with E-state index < -0.39 is 0 Å². The molecule has 1 aliphatic heterocycles. The van der Waals surface area contributed by atoms with Crippen molar-refractivity contribution in [2.75, 3.05) is 26.2 Å². The van der Waals surface area contributed by atoms with Gasteiger partial charge in [-0.05, 0) is 25.0 Å². The smallest absolute Gasteiger partial charge is 0.0329 e. The molecule has 0 aromatic carbocycles. The maximum atomic E-state index is 5.64. The van der Waals surface area contributed by atoms with E-state index in [0.29, 0.717) is 6.54 Å². The van der Waals surface area contributed by atoms with E-state index in [1.54, 1.807) is 0 Å². The highest BCUT2D eigenvalue weighted by Gasteiger charge is 2.31. The van der Waals surface area contributed by atoms with Gasteiger partial charge >= 0.3 is 0 Å². The largest absolute Gasteiger partial charge is 0.326 e. The molecule has 1 aliphatic carbocycles. The van der Waals surface area contributed by atoms with Crippen molar-refractivity contribution in [1.29, 1.82) is 0 Å². The van der Waals surface area contributed by atoms with Crippen molar-refractivity contribution in [2.45, 2.75) is 32.0 Å². The van der Waals surface area contributed by atoms with E-state index in [-0.39, 0.29) is 0 Å². The Hall–Kier alpha value is -0.420.